The summed E-state index contributed by atoms with van der Waals surface area (Å²) < 4.78 is 23.4. The molecule has 0 bridgehead atoms. The van der Waals surface area contributed by atoms with Crippen molar-refractivity contribution in [2.45, 2.75) is 17.0 Å². The van der Waals surface area contributed by atoms with Gasteiger partial charge < -0.3 is 24.2 Å². The first-order valence-electron chi connectivity index (χ1n) is 12.2. The molecule has 0 saturated heterocycles. The second kappa shape index (κ2) is 10.4. The van der Waals surface area contributed by atoms with E-state index in [1.807, 2.05) is 6.07 Å². The monoisotopic (exact) mass is 563 g/mol. The molecular formula is C28H29N5O6S. The van der Waals surface area contributed by atoms with Crippen molar-refractivity contribution in [3.8, 4) is 17.0 Å². The standard InChI is InChI=1S/C28H29N5O6S/c1-30-27(35)28(32-38-3,16-33-15-18-5-8-19(37-2)13-21(18)26(33)34)25-14-23-24(39-25)12-11-22(31-23)17-6-9-20(10-7-17)40(4,29)36/h5-14,32H,4,15-16H2,1-3H3,(H2,29,36)(H,30,35)/t28-,40?/m0/s1. The van der Waals surface area contributed by atoms with Crippen molar-refractivity contribution in [3.63, 3.8) is 0 Å². The number of furan rings is 1. The van der Waals surface area contributed by atoms with Crippen molar-refractivity contribution in [1.29, 1.82) is 0 Å². The van der Waals surface area contributed by atoms with Gasteiger partial charge in [-0.05, 0) is 47.8 Å². The number of rotatable bonds is 9. The molecule has 2 aromatic carbocycles. The number of nitrogens with one attached hydrogen (secondary N) is 2. The summed E-state index contributed by atoms with van der Waals surface area (Å²) in [5.74, 6) is 3.57. The first kappa shape index (κ1) is 27.3. The zero-order valence-corrected chi connectivity index (χ0v) is 23.0. The number of benzene rings is 2. The van der Waals surface area contributed by atoms with Crippen LogP contribution in [0.3, 0.4) is 0 Å². The third-order valence-electron chi connectivity index (χ3n) is 6.86. The number of hydroxylamine groups is 1. The van der Waals surface area contributed by atoms with Gasteiger partial charge in [0.25, 0.3) is 11.8 Å². The van der Waals surface area contributed by atoms with Gasteiger partial charge in [0.1, 0.15) is 17.0 Å². The quantitative estimate of drug-likeness (QED) is 0.207. The minimum absolute atomic E-state index is 0.0894. The van der Waals surface area contributed by atoms with E-state index in [1.54, 1.807) is 59.5 Å². The average Bonchev–Trinajstić information content (AvgIpc) is 3.52. The SMILES string of the molecule is C=S(N)(=O)c1ccc(-c2ccc3oc([C@](CN4Cc5ccc(OC)cc5C4=O)(NOC)C(=O)NC)cc3n2)cc1. The van der Waals surface area contributed by atoms with E-state index < -0.39 is 21.2 Å². The van der Waals surface area contributed by atoms with E-state index in [0.29, 0.717) is 39.5 Å². The van der Waals surface area contributed by atoms with E-state index in [2.05, 4.69) is 16.7 Å². The van der Waals surface area contributed by atoms with Crippen molar-refractivity contribution < 1.29 is 27.8 Å². The summed E-state index contributed by atoms with van der Waals surface area (Å²) in [7, 11) is 1.59. The van der Waals surface area contributed by atoms with Crippen molar-refractivity contribution in [1.82, 2.24) is 20.7 Å². The Bertz CT molecular complexity index is 1720. The van der Waals surface area contributed by atoms with Gasteiger partial charge in [-0.15, -0.1) is 0 Å². The van der Waals surface area contributed by atoms with Crippen LogP contribution in [0.25, 0.3) is 22.4 Å². The topological polar surface area (TPSA) is 149 Å². The van der Waals surface area contributed by atoms with Gasteiger partial charge in [-0.1, -0.05) is 18.2 Å². The predicted molar refractivity (Wildman–Crippen MR) is 151 cm³/mol. The normalized spacial score (nSPS) is 15.9. The fourth-order valence-electron chi connectivity index (χ4n) is 4.81. The molecule has 208 valence electrons. The minimum atomic E-state index is -2.83. The third-order valence-corrected chi connectivity index (χ3v) is 7.93. The van der Waals surface area contributed by atoms with Crippen molar-refractivity contribution >= 4 is 38.5 Å². The van der Waals surface area contributed by atoms with Gasteiger partial charge in [-0.25, -0.2) is 9.19 Å². The molecule has 1 aliphatic rings. The largest absolute Gasteiger partial charge is 0.497 e. The van der Waals surface area contributed by atoms with Gasteiger partial charge in [0.05, 0.1) is 36.2 Å². The molecule has 40 heavy (non-hydrogen) atoms. The van der Waals surface area contributed by atoms with Crippen LogP contribution in [0, 0.1) is 0 Å². The van der Waals surface area contributed by atoms with Crippen LogP contribution in [0.1, 0.15) is 21.7 Å². The van der Waals surface area contributed by atoms with E-state index in [-0.39, 0.29) is 18.2 Å². The van der Waals surface area contributed by atoms with Crippen molar-refractivity contribution in [2.75, 3.05) is 27.8 Å². The number of nitrogens with two attached hydrogens (primary N) is 1. The molecule has 2 amide bonds. The Kier molecular flexibility index (Phi) is 7.10. The molecule has 4 aromatic rings. The van der Waals surface area contributed by atoms with Gasteiger partial charge in [-0.2, -0.15) is 5.48 Å². The number of carbonyl (C=O) groups is 2. The number of ether oxygens (including phenoxy) is 1. The van der Waals surface area contributed by atoms with Gasteiger partial charge in [0.15, 0.2) is 11.1 Å². The molecule has 0 saturated carbocycles. The average molecular weight is 564 g/mol. The zero-order chi connectivity index (χ0) is 28.7. The van der Waals surface area contributed by atoms with Crippen LogP contribution in [0.5, 0.6) is 5.75 Å². The highest BCUT2D eigenvalue weighted by Crippen LogP contribution is 2.34. The molecule has 0 aliphatic carbocycles. The first-order valence-corrected chi connectivity index (χ1v) is 14.0. The molecule has 2 atom stereocenters. The predicted octanol–water partition coefficient (Wildman–Crippen LogP) is 2.20. The number of nitrogens with zero attached hydrogens (tertiary/aromatic N) is 2. The lowest BCUT2D eigenvalue weighted by Crippen LogP contribution is -2.59. The summed E-state index contributed by atoms with van der Waals surface area (Å²) in [6, 6.07) is 17.3. The van der Waals surface area contributed by atoms with Crippen LogP contribution in [0.2, 0.25) is 0 Å². The number of amides is 2. The Balaban J connectivity index is 1.53. The number of likely N-dealkylation sites (N-methyl/N-ethyl adjacent to an activating group) is 1. The molecule has 3 heterocycles. The number of fused-ring (bicyclic) bond motifs is 2. The number of methoxy groups -OCH3 is 1. The summed E-state index contributed by atoms with van der Waals surface area (Å²) >= 11 is 0. The second-order valence-electron chi connectivity index (χ2n) is 9.42. The van der Waals surface area contributed by atoms with Crippen LogP contribution in [-0.2, 0) is 31.4 Å². The van der Waals surface area contributed by atoms with Gasteiger partial charge in [-0.3, -0.25) is 14.7 Å². The third kappa shape index (κ3) is 4.82. The van der Waals surface area contributed by atoms with Crippen LogP contribution in [0.4, 0.5) is 0 Å². The molecule has 11 nitrogen and oxygen atoms in total. The Morgan fingerprint density at radius 3 is 2.58 bits per heavy atom. The minimum Gasteiger partial charge on any atom is -0.497 e. The number of aromatic nitrogens is 1. The molecule has 1 aliphatic heterocycles. The number of hydrogen-bond donors (Lipinski definition) is 3. The molecule has 0 spiro atoms. The van der Waals surface area contributed by atoms with E-state index in [0.717, 1.165) is 11.1 Å². The first-order chi connectivity index (χ1) is 19.1. The molecule has 0 radical (unpaired) electrons. The number of pyridine rings is 1. The van der Waals surface area contributed by atoms with E-state index in [1.165, 1.54) is 21.3 Å². The highest BCUT2D eigenvalue weighted by Gasteiger charge is 2.47. The van der Waals surface area contributed by atoms with E-state index in [4.69, 9.17) is 24.1 Å². The molecule has 5 rings (SSSR count). The number of carbonyl (C=O) groups excluding carboxylic acids is 2. The lowest BCUT2D eigenvalue weighted by molar-refractivity contribution is -0.136. The van der Waals surface area contributed by atoms with Crippen molar-refractivity contribution in [3.05, 3.63) is 77.6 Å². The summed E-state index contributed by atoms with van der Waals surface area (Å²) in [4.78, 5) is 38.8. The lowest BCUT2D eigenvalue weighted by atomic mass is 9.95. The highest BCUT2D eigenvalue weighted by atomic mass is 32.2. The maximum atomic E-state index is 13.4. The second-order valence-corrected chi connectivity index (χ2v) is 11.3. The Hall–Kier alpha value is -4.23. The fourth-order valence-corrected chi connectivity index (χ4v) is 5.41. The Morgan fingerprint density at radius 1 is 1.18 bits per heavy atom. The lowest BCUT2D eigenvalue weighted by Gasteiger charge is -2.33. The maximum Gasteiger partial charge on any atom is 0.254 e. The fraction of sp³-hybridized carbons (Fsp3) is 0.214. The Morgan fingerprint density at radius 2 is 1.93 bits per heavy atom. The van der Waals surface area contributed by atoms with Crippen LogP contribution >= 0.6 is 0 Å². The highest BCUT2D eigenvalue weighted by molar-refractivity contribution is 7.98. The van der Waals surface area contributed by atoms with E-state index in [9.17, 15) is 13.8 Å². The summed E-state index contributed by atoms with van der Waals surface area (Å²) in [6.07, 6.45) is 0. The van der Waals surface area contributed by atoms with Crippen LogP contribution in [0.15, 0.2) is 70.0 Å². The number of hydrogen-bond acceptors (Lipinski definition) is 8. The van der Waals surface area contributed by atoms with E-state index >= 15 is 0 Å². The van der Waals surface area contributed by atoms with Crippen molar-refractivity contribution in [2.24, 2.45) is 5.14 Å². The van der Waals surface area contributed by atoms with Gasteiger partial charge in [0.2, 0.25) is 0 Å². The molecule has 12 heteroatoms. The molecule has 1 unspecified atom stereocenters. The Labute approximate surface area is 231 Å². The summed E-state index contributed by atoms with van der Waals surface area (Å²) in [5, 5.41) is 8.30. The summed E-state index contributed by atoms with van der Waals surface area (Å²) in [6.45, 7) is 0.206. The van der Waals surface area contributed by atoms with Crippen LogP contribution in [-0.4, -0.2) is 59.6 Å². The molecule has 4 N–H and O–H groups in total. The van der Waals surface area contributed by atoms with Crippen LogP contribution < -0.4 is 20.7 Å². The zero-order valence-electron chi connectivity index (χ0n) is 22.2. The molecule has 0 fully saturated rings. The van der Waals surface area contributed by atoms with Gasteiger partial charge in [0, 0.05) is 35.7 Å². The molecular weight excluding hydrogens is 534 g/mol. The maximum absolute atomic E-state index is 13.4. The molecule has 2 aromatic heterocycles. The smallest absolute Gasteiger partial charge is 0.254 e. The van der Waals surface area contributed by atoms with Gasteiger partial charge >= 0.3 is 0 Å². The summed E-state index contributed by atoms with van der Waals surface area (Å²) in [5.41, 5.74) is 4.84.